The number of aromatic nitrogens is 1. The molecule has 2 aromatic rings. The van der Waals surface area contributed by atoms with Crippen LogP contribution >= 0.6 is 15.9 Å². The first-order chi connectivity index (χ1) is 9.66. The molecule has 1 aliphatic rings. The summed E-state index contributed by atoms with van der Waals surface area (Å²) in [4.78, 5) is 6.86. The molecular formula is C16H18BrN3. The Hall–Kier alpha value is -1.55. The Labute approximate surface area is 127 Å². The summed E-state index contributed by atoms with van der Waals surface area (Å²) in [5, 5.41) is 0. The lowest BCUT2D eigenvalue weighted by Gasteiger charge is -2.23. The molecule has 3 rings (SSSR count). The van der Waals surface area contributed by atoms with Crippen molar-refractivity contribution in [3.8, 4) is 0 Å². The number of pyridine rings is 1. The summed E-state index contributed by atoms with van der Waals surface area (Å²) in [6.07, 6.45) is 3.88. The van der Waals surface area contributed by atoms with Crippen molar-refractivity contribution in [3.63, 3.8) is 0 Å². The van der Waals surface area contributed by atoms with E-state index >= 15 is 0 Å². The lowest BCUT2D eigenvalue weighted by atomic mass is 10.0. The fourth-order valence-electron chi connectivity index (χ4n) is 2.68. The van der Waals surface area contributed by atoms with Gasteiger partial charge in [0.2, 0.25) is 0 Å². The summed E-state index contributed by atoms with van der Waals surface area (Å²) in [5.41, 5.74) is 10.6. The summed E-state index contributed by atoms with van der Waals surface area (Å²) in [6.45, 7) is 4.01. The predicted octanol–water partition coefficient (Wildman–Crippen LogP) is 3.34. The molecule has 2 N–H and O–H groups in total. The number of anilines is 2. The molecule has 0 amide bonds. The van der Waals surface area contributed by atoms with Crippen molar-refractivity contribution in [2.24, 2.45) is 0 Å². The van der Waals surface area contributed by atoms with E-state index < -0.39 is 0 Å². The van der Waals surface area contributed by atoms with Crippen LogP contribution in [0.15, 0.2) is 34.9 Å². The largest absolute Gasteiger partial charge is 0.397 e. The first-order valence-electron chi connectivity index (χ1n) is 6.89. The zero-order valence-electron chi connectivity index (χ0n) is 11.6. The van der Waals surface area contributed by atoms with Crippen LogP contribution in [0.2, 0.25) is 0 Å². The van der Waals surface area contributed by atoms with Gasteiger partial charge in [0.05, 0.1) is 16.4 Å². The van der Waals surface area contributed by atoms with Gasteiger partial charge in [-0.05, 0) is 52.4 Å². The van der Waals surface area contributed by atoms with Gasteiger partial charge in [-0.2, -0.15) is 0 Å². The Kier molecular flexibility index (Phi) is 3.66. The Morgan fingerprint density at radius 3 is 2.35 bits per heavy atom. The van der Waals surface area contributed by atoms with Gasteiger partial charge in [-0.25, -0.2) is 4.98 Å². The highest BCUT2D eigenvalue weighted by Crippen LogP contribution is 2.31. The van der Waals surface area contributed by atoms with Gasteiger partial charge in [0.15, 0.2) is 0 Å². The van der Waals surface area contributed by atoms with Crippen molar-refractivity contribution in [1.29, 1.82) is 0 Å². The Morgan fingerprint density at radius 2 is 1.75 bits per heavy atom. The molecule has 0 fully saturated rings. The minimum Gasteiger partial charge on any atom is -0.397 e. The first kappa shape index (κ1) is 13.4. The minimum absolute atomic E-state index is 0.735. The maximum Gasteiger partial charge on any atom is 0.143 e. The van der Waals surface area contributed by atoms with Gasteiger partial charge < -0.3 is 10.6 Å². The highest BCUT2D eigenvalue weighted by molar-refractivity contribution is 9.10. The number of hydrogen-bond donors (Lipinski definition) is 1. The molecule has 0 spiro atoms. The molecule has 0 radical (unpaired) electrons. The van der Waals surface area contributed by atoms with E-state index in [9.17, 15) is 0 Å². The van der Waals surface area contributed by atoms with Gasteiger partial charge in [0.1, 0.15) is 5.82 Å². The van der Waals surface area contributed by atoms with E-state index in [4.69, 9.17) is 5.73 Å². The lowest BCUT2D eigenvalue weighted by Crippen LogP contribution is -2.27. The smallest absolute Gasteiger partial charge is 0.143 e. The number of nitrogen functional groups attached to an aromatic ring is 1. The molecule has 0 unspecified atom stereocenters. The van der Waals surface area contributed by atoms with Crippen molar-refractivity contribution in [2.75, 3.05) is 23.7 Å². The fraction of sp³-hybridized carbons (Fsp3) is 0.312. The summed E-state index contributed by atoms with van der Waals surface area (Å²) >= 11 is 3.64. The topological polar surface area (TPSA) is 42.1 Å². The van der Waals surface area contributed by atoms with Gasteiger partial charge in [-0.15, -0.1) is 0 Å². The maximum absolute atomic E-state index is 5.91. The van der Waals surface area contributed by atoms with E-state index in [1.54, 1.807) is 6.20 Å². The predicted molar refractivity (Wildman–Crippen MR) is 87.1 cm³/mol. The highest BCUT2D eigenvalue weighted by atomic mass is 79.9. The van der Waals surface area contributed by atoms with Crippen molar-refractivity contribution in [2.45, 2.75) is 19.8 Å². The normalized spacial score (nSPS) is 14.8. The van der Waals surface area contributed by atoms with Crippen LogP contribution in [-0.2, 0) is 12.8 Å². The SMILES string of the molecule is Cc1c(N)cnc(N2CCc3ccccc3CC2)c1Br. The molecule has 4 heteroatoms. The Bertz CT molecular complexity index is 613. The van der Waals surface area contributed by atoms with Crippen LogP contribution in [-0.4, -0.2) is 18.1 Å². The quantitative estimate of drug-likeness (QED) is 0.871. The summed E-state index contributed by atoms with van der Waals surface area (Å²) in [5.74, 6) is 1.00. The van der Waals surface area contributed by atoms with E-state index in [1.807, 2.05) is 6.92 Å². The van der Waals surface area contributed by atoms with Gasteiger partial charge in [-0.1, -0.05) is 24.3 Å². The van der Waals surface area contributed by atoms with Crippen molar-refractivity contribution >= 4 is 27.4 Å². The van der Waals surface area contributed by atoms with Crippen LogP contribution in [0.5, 0.6) is 0 Å². The van der Waals surface area contributed by atoms with Crippen LogP contribution in [0.3, 0.4) is 0 Å². The molecule has 0 bridgehead atoms. The average molecular weight is 332 g/mol. The maximum atomic E-state index is 5.91. The zero-order chi connectivity index (χ0) is 14.1. The summed E-state index contributed by atoms with van der Waals surface area (Å²) in [6, 6.07) is 8.71. The van der Waals surface area contributed by atoms with Gasteiger partial charge >= 0.3 is 0 Å². The molecule has 0 saturated carbocycles. The second kappa shape index (κ2) is 5.44. The van der Waals surface area contributed by atoms with E-state index in [1.165, 1.54) is 11.1 Å². The van der Waals surface area contributed by atoms with Crippen LogP contribution in [0.25, 0.3) is 0 Å². The number of fused-ring (bicyclic) bond motifs is 1. The van der Waals surface area contributed by atoms with Crippen LogP contribution in [0.1, 0.15) is 16.7 Å². The number of rotatable bonds is 1. The van der Waals surface area contributed by atoms with Crippen molar-refractivity contribution < 1.29 is 0 Å². The molecule has 104 valence electrons. The fourth-order valence-corrected chi connectivity index (χ4v) is 3.26. The van der Waals surface area contributed by atoms with Crippen molar-refractivity contribution in [3.05, 3.63) is 51.6 Å². The van der Waals surface area contributed by atoms with Crippen LogP contribution in [0.4, 0.5) is 11.5 Å². The van der Waals surface area contributed by atoms with E-state index in [2.05, 4.69) is 50.1 Å². The van der Waals surface area contributed by atoms with E-state index in [-0.39, 0.29) is 0 Å². The van der Waals surface area contributed by atoms with E-state index in [0.29, 0.717) is 0 Å². The average Bonchev–Trinajstić information content (AvgIpc) is 2.68. The highest BCUT2D eigenvalue weighted by Gasteiger charge is 2.18. The third-order valence-corrected chi connectivity index (χ3v) is 4.95. The monoisotopic (exact) mass is 331 g/mol. The molecule has 20 heavy (non-hydrogen) atoms. The third-order valence-electron chi connectivity index (χ3n) is 4.00. The molecule has 2 heterocycles. The number of nitrogens with two attached hydrogens (primary N) is 1. The Balaban J connectivity index is 1.89. The van der Waals surface area contributed by atoms with Crippen molar-refractivity contribution in [1.82, 2.24) is 4.98 Å². The summed E-state index contributed by atoms with van der Waals surface area (Å²) < 4.78 is 1.02. The standard InChI is InChI=1S/C16H18BrN3/c1-11-14(18)10-19-16(15(11)17)20-8-6-12-4-2-3-5-13(12)7-9-20/h2-5,10H,6-9,18H2,1H3. The molecule has 3 nitrogen and oxygen atoms in total. The molecular weight excluding hydrogens is 314 g/mol. The molecule has 1 aliphatic heterocycles. The number of hydrogen-bond acceptors (Lipinski definition) is 3. The van der Waals surface area contributed by atoms with Crippen LogP contribution in [0, 0.1) is 6.92 Å². The lowest BCUT2D eigenvalue weighted by molar-refractivity contribution is 0.788. The minimum atomic E-state index is 0.735. The second-order valence-corrected chi connectivity index (χ2v) is 6.02. The molecule has 0 atom stereocenters. The van der Waals surface area contributed by atoms with Gasteiger partial charge in [-0.3, -0.25) is 0 Å². The third kappa shape index (κ3) is 2.40. The molecule has 1 aromatic heterocycles. The first-order valence-corrected chi connectivity index (χ1v) is 7.68. The van der Waals surface area contributed by atoms with Gasteiger partial charge in [0.25, 0.3) is 0 Å². The summed E-state index contributed by atoms with van der Waals surface area (Å²) in [7, 11) is 0. The van der Waals surface area contributed by atoms with Gasteiger partial charge in [0, 0.05) is 13.1 Å². The molecule has 0 aliphatic carbocycles. The van der Waals surface area contributed by atoms with Crippen LogP contribution < -0.4 is 10.6 Å². The second-order valence-electron chi connectivity index (χ2n) is 5.23. The molecule has 0 saturated heterocycles. The molecule has 1 aromatic carbocycles. The number of benzene rings is 1. The Morgan fingerprint density at radius 1 is 1.15 bits per heavy atom. The number of halogens is 1. The zero-order valence-corrected chi connectivity index (χ0v) is 13.2. The number of nitrogens with zero attached hydrogens (tertiary/aromatic N) is 2. The van der Waals surface area contributed by atoms with E-state index in [0.717, 1.165) is 47.5 Å².